The molecule has 2 rings (SSSR count). The van der Waals surface area contributed by atoms with Crippen LogP contribution in [0.3, 0.4) is 0 Å². The van der Waals surface area contributed by atoms with Crippen LogP contribution in [-0.2, 0) is 9.53 Å². The predicted molar refractivity (Wildman–Crippen MR) is 90.3 cm³/mol. The normalized spacial score (nSPS) is 10.4. The highest BCUT2D eigenvalue weighted by molar-refractivity contribution is 7.99. The summed E-state index contributed by atoms with van der Waals surface area (Å²) >= 11 is 0.196. The molecule has 0 aromatic heterocycles. The number of hydrogen-bond acceptors (Lipinski definition) is 6. The van der Waals surface area contributed by atoms with Crippen LogP contribution < -0.4 is 5.32 Å². The third-order valence-corrected chi connectivity index (χ3v) is 3.79. The second kappa shape index (κ2) is 8.90. The summed E-state index contributed by atoms with van der Waals surface area (Å²) in [6.45, 7) is -0.671. The Balaban J connectivity index is 1.96. The van der Waals surface area contributed by atoms with E-state index in [-0.39, 0.29) is 33.6 Å². The van der Waals surface area contributed by atoms with Crippen LogP contribution in [0.25, 0.3) is 0 Å². The molecule has 2 aromatic carbocycles. The number of esters is 1. The van der Waals surface area contributed by atoms with Crippen molar-refractivity contribution in [3.05, 3.63) is 64.2 Å². The minimum atomic E-state index is -2.71. The quantitative estimate of drug-likeness (QED) is 0.339. The molecule has 0 aliphatic heterocycles. The molecule has 1 N–H and O–H groups in total. The fourth-order valence-corrected chi connectivity index (χ4v) is 2.56. The zero-order valence-electron chi connectivity index (χ0n) is 13.1. The Kier molecular flexibility index (Phi) is 6.61. The molecule has 0 unspecified atom stereocenters. The van der Waals surface area contributed by atoms with Gasteiger partial charge in [-0.3, -0.25) is 14.9 Å². The molecule has 0 bridgehead atoms. The molecule has 0 heterocycles. The van der Waals surface area contributed by atoms with Crippen molar-refractivity contribution in [1.29, 1.82) is 0 Å². The number of carbonyl (C=O) groups excluding carboxylic acids is 2. The minimum absolute atomic E-state index is 0.0339. The van der Waals surface area contributed by atoms with E-state index in [0.29, 0.717) is 0 Å². The van der Waals surface area contributed by atoms with Gasteiger partial charge in [-0.2, -0.15) is 8.78 Å². The SMILES string of the molecule is O=C(COC(=O)c1ccccc1SC(F)F)Nc1cccc([N+](=O)[O-])c1. The van der Waals surface area contributed by atoms with Crippen molar-refractivity contribution in [1.82, 2.24) is 0 Å². The van der Waals surface area contributed by atoms with Crippen molar-refractivity contribution in [2.45, 2.75) is 10.7 Å². The number of ether oxygens (including phenoxy) is 1. The Morgan fingerprint density at radius 2 is 1.92 bits per heavy atom. The standard InChI is InChI=1S/C16H12F2N2O5S/c17-16(18)26-13-7-2-1-6-12(13)15(22)25-9-14(21)19-10-4-3-5-11(8-10)20(23)24/h1-8,16H,9H2,(H,19,21). The summed E-state index contributed by atoms with van der Waals surface area (Å²) in [6, 6.07) is 10.9. The number of carbonyl (C=O) groups is 2. The van der Waals surface area contributed by atoms with Crippen molar-refractivity contribution in [2.24, 2.45) is 0 Å². The van der Waals surface area contributed by atoms with E-state index in [0.717, 1.165) is 6.07 Å². The monoisotopic (exact) mass is 382 g/mol. The van der Waals surface area contributed by atoms with Crippen molar-refractivity contribution < 1.29 is 28.0 Å². The van der Waals surface area contributed by atoms with Gasteiger partial charge in [0.25, 0.3) is 17.4 Å². The van der Waals surface area contributed by atoms with Crippen LogP contribution in [-0.4, -0.2) is 29.2 Å². The Hall–Kier alpha value is -3.01. The molecular formula is C16H12F2N2O5S. The van der Waals surface area contributed by atoms with Crippen molar-refractivity contribution >= 4 is 35.0 Å². The van der Waals surface area contributed by atoms with E-state index in [1.807, 2.05) is 0 Å². The molecule has 2 aromatic rings. The van der Waals surface area contributed by atoms with Gasteiger partial charge in [0.1, 0.15) is 0 Å². The Morgan fingerprint density at radius 3 is 2.62 bits per heavy atom. The molecule has 0 saturated heterocycles. The summed E-state index contributed by atoms with van der Waals surface area (Å²) in [5, 5.41) is 13.0. The molecular weight excluding hydrogens is 370 g/mol. The summed E-state index contributed by atoms with van der Waals surface area (Å²) < 4.78 is 29.8. The number of thioether (sulfide) groups is 1. The summed E-state index contributed by atoms with van der Waals surface area (Å²) in [6.07, 6.45) is 0. The van der Waals surface area contributed by atoms with Gasteiger partial charge >= 0.3 is 5.97 Å². The molecule has 0 spiro atoms. The third kappa shape index (κ3) is 5.52. The minimum Gasteiger partial charge on any atom is -0.452 e. The van der Waals surface area contributed by atoms with E-state index < -0.39 is 29.2 Å². The Bertz CT molecular complexity index is 832. The predicted octanol–water partition coefficient (Wildman–Crippen LogP) is 3.71. The van der Waals surface area contributed by atoms with Gasteiger partial charge in [0.15, 0.2) is 6.61 Å². The lowest BCUT2D eigenvalue weighted by Gasteiger charge is -2.09. The Labute approximate surface area is 150 Å². The average molecular weight is 382 g/mol. The summed E-state index contributed by atoms with van der Waals surface area (Å²) in [5.41, 5.74) is -0.132. The van der Waals surface area contributed by atoms with Gasteiger partial charge < -0.3 is 10.1 Å². The number of nitrogens with one attached hydrogen (secondary N) is 1. The zero-order chi connectivity index (χ0) is 19.1. The van der Waals surface area contributed by atoms with Crippen LogP contribution >= 0.6 is 11.8 Å². The zero-order valence-corrected chi connectivity index (χ0v) is 13.9. The molecule has 0 aliphatic carbocycles. The van der Waals surface area contributed by atoms with Crippen LogP contribution in [0, 0.1) is 10.1 Å². The fourth-order valence-electron chi connectivity index (χ4n) is 1.94. The van der Waals surface area contributed by atoms with Crippen molar-refractivity contribution in [3.8, 4) is 0 Å². The Morgan fingerprint density at radius 1 is 1.19 bits per heavy atom. The maximum Gasteiger partial charge on any atom is 0.339 e. The lowest BCUT2D eigenvalue weighted by atomic mass is 10.2. The number of halogens is 2. The molecule has 10 heteroatoms. The maximum atomic E-state index is 12.5. The van der Waals surface area contributed by atoms with Crippen LogP contribution in [0.15, 0.2) is 53.4 Å². The molecule has 1 amide bonds. The maximum absolute atomic E-state index is 12.5. The van der Waals surface area contributed by atoms with Crippen LogP contribution in [0.4, 0.5) is 20.2 Å². The van der Waals surface area contributed by atoms with Gasteiger partial charge in [-0.15, -0.1) is 0 Å². The van der Waals surface area contributed by atoms with Crippen LogP contribution in [0.2, 0.25) is 0 Å². The van der Waals surface area contributed by atoms with Gasteiger partial charge in [-0.05, 0) is 18.2 Å². The number of nitro benzene ring substituents is 1. The van der Waals surface area contributed by atoms with E-state index in [4.69, 9.17) is 4.74 Å². The first kappa shape index (κ1) is 19.3. The first-order chi connectivity index (χ1) is 12.4. The highest BCUT2D eigenvalue weighted by atomic mass is 32.2. The second-order valence-corrected chi connectivity index (χ2v) is 5.84. The fraction of sp³-hybridized carbons (Fsp3) is 0.125. The lowest BCUT2D eigenvalue weighted by Crippen LogP contribution is -2.21. The van der Waals surface area contributed by atoms with E-state index in [2.05, 4.69) is 5.32 Å². The highest BCUT2D eigenvalue weighted by Gasteiger charge is 2.17. The molecule has 0 fully saturated rings. The van der Waals surface area contributed by atoms with Crippen LogP contribution in [0.5, 0.6) is 0 Å². The van der Waals surface area contributed by atoms with Gasteiger partial charge in [0.05, 0.1) is 10.5 Å². The first-order valence-electron chi connectivity index (χ1n) is 7.12. The number of non-ortho nitro benzene ring substituents is 1. The average Bonchev–Trinajstić information content (AvgIpc) is 2.60. The molecule has 7 nitrogen and oxygen atoms in total. The molecule has 0 radical (unpaired) electrons. The molecule has 0 aliphatic rings. The smallest absolute Gasteiger partial charge is 0.339 e. The van der Waals surface area contributed by atoms with Crippen molar-refractivity contribution in [3.63, 3.8) is 0 Å². The number of alkyl halides is 2. The molecule has 136 valence electrons. The number of hydrogen-bond donors (Lipinski definition) is 1. The third-order valence-electron chi connectivity index (χ3n) is 3.00. The number of nitro groups is 1. The first-order valence-corrected chi connectivity index (χ1v) is 8.00. The van der Waals surface area contributed by atoms with E-state index >= 15 is 0 Å². The highest BCUT2D eigenvalue weighted by Crippen LogP contribution is 2.28. The van der Waals surface area contributed by atoms with Gasteiger partial charge in [0.2, 0.25) is 0 Å². The topological polar surface area (TPSA) is 98.5 Å². The number of rotatable bonds is 7. The second-order valence-electron chi connectivity index (χ2n) is 4.81. The van der Waals surface area contributed by atoms with Gasteiger partial charge in [-0.1, -0.05) is 30.0 Å². The number of anilines is 1. The summed E-state index contributed by atoms with van der Waals surface area (Å²) in [7, 11) is 0. The summed E-state index contributed by atoms with van der Waals surface area (Å²) in [5.74, 6) is -4.36. The lowest BCUT2D eigenvalue weighted by molar-refractivity contribution is -0.384. The largest absolute Gasteiger partial charge is 0.452 e. The number of benzene rings is 2. The van der Waals surface area contributed by atoms with Gasteiger partial charge in [-0.25, -0.2) is 4.79 Å². The number of nitrogens with zero attached hydrogens (tertiary/aromatic N) is 1. The summed E-state index contributed by atoms with van der Waals surface area (Å²) in [4.78, 5) is 33.9. The molecule has 0 saturated carbocycles. The van der Waals surface area contributed by atoms with Crippen LogP contribution in [0.1, 0.15) is 10.4 Å². The molecule has 0 atom stereocenters. The number of amides is 1. The molecule has 26 heavy (non-hydrogen) atoms. The van der Waals surface area contributed by atoms with E-state index in [9.17, 15) is 28.5 Å². The van der Waals surface area contributed by atoms with E-state index in [1.54, 1.807) is 0 Å². The van der Waals surface area contributed by atoms with E-state index in [1.165, 1.54) is 42.5 Å². The van der Waals surface area contributed by atoms with Gasteiger partial charge in [0, 0.05) is 22.7 Å². The van der Waals surface area contributed by atoms with Crippen molar-refractivity contribution in [2.75, 3.05) is 11.9 Å².